The number of benzene rings is 2. The third-order valence-electron chi connectivity index (χ3n) is 5.36. The van der Waals surface area contributed by atoms with Crippen molar-refractivity contribution in [3.8, 4) is 11.5 Å². The van der Waals surface area contributed by atoms with Crippen LogP contribution in [0.2, 0.25) is 0 Å². The third kappa shape index (κ3) is 6.10. The van der Waals surface area contributed by atoms with Crippen LogP contribution >= 0.6 is 7.82 Å². The molecule has 5 heteroatoms. The highest BCUT2D eigenvalue weighted by molar-refractivity contribution is 7.48. The molecular weight excluding hydrogens is 383 g/mol. The fraction of sp³-hybridized carbons (Fsp3) is 0.500. The van der Waals surface area contributed by atoms with Crippen LogP contribution in [0.1, 0.15) is 78.4 Å². The predicted octanol–water partition coefficient (Wildman–Crippen LogP) is 7.40. The van der Waals surface area contributed by atoms with Gasteiger partial charge in [0, 0.05) is 5.56 Å². The van der Waals surface area contributed by atoms with E-state index in [9.17, 15) is 9.46 Å². The van der Waals surface area contributed by atoms with Gasteiger partial charge in [-0.05, 0) is 47.4 Å². The van der Waals surface area contributed by atoms with Crippen LogP contribution < -0.4 is 9.05 Å². The lowest BCUT2D eigenvalue weighted by Gasteiger charge is -2.36. The first kappa shape index (κ1) is 23.5. The van der Waals surface area contributed by atoms with Gasteiger partial charge in [-0.2, -0.15) is 0 Å². The summed E-state index contributed by atoms with van der Waals surface area (Å²) < 4.78 is 23.8. The van der Waals surface area contributed by atoms with Gasteiger partial charge in [0.25, 0.3) is 0 Å². The smallest absolute Gasteiger partial charge is 0.395 e. The quantitative estimate of drug-likeness (QED) is 0.408. The van der Waals surface area contributed by atoms with Gasteiger partial charge in [0.05, 0.1) is 0 Å². The number of phosphoric acid groups is 1. The van der Waals surface area contributed by atoms with Gasteiger partial charge in [-0.1, -0.05) is 84.7 Å². The van der Waals surface area contributed by atoms with Gasteiger partial charge >= 0.3 is 7.82 Å². The standard InChI is InChI=1S/C24H35O4P/c1-7-17-23(3,4)20-15-12-16-21(22(20)24(5,6)18-8-2)28-29(25,26)27-19-13-10-9-11-14-19/h9-16H,7-8,17-18H2,1-6H3,(H,25,26). The van der Waals surface area contributed by atoms with Gasteiger partial charge in [-0.3, -0.25) is 4.89 Å². The van der Waals surface area contributed by atoms with E-state index in [1.54, 1.807) is 30.3 Å². The Hall–Kier alpha value is -1.77. The molecule has 0 bridgehead atoms. The van der Waals surface area contributed by atoms with Gasteiger partial charge in [0.1, 0.15) is 11.5 Å². The van der Waals surface area contributed by atoms with Gasteiger partial charge in [-0.15, -0.1) is 0 Å². The molecule has 0 fully saturated rings. The molecule has 2 rings (SSSR count). The average molecular weight is 419 g/mol. The molecule has 4 nitrogen and oxygen atoms in total. The lowest BCUT2D eigenvalue weighted by Crippen LogP contribution is -2.27. The molecule has 1 atom stereocenters. The number of para-hydroxylation sites is 1. The first-order valence-electron chi connectivity index (χ1n) is 10.4. The highest BCUT2D eigenvalue weighted by atomic mass is 31.2. The Morgan fingerprint density at radius 1 is 0.828 bits per heavy atom. The highest BCUT2D eigenvalue weighted by Gasteiger charge is 2.35. The summed E-state index contributed by atoms with van der Waals surface area (Å²) in [7, 11) is -4.34. The third-order valence-corrected chi connectivity index (χ3v) is 6.23. The van der Waals surface area contributed by atoms with Crippen molar-refractivity contribution >= 4 is 7.82 Å². The molecule has 0 saturated heterocycles. The second-order valence-corrected chi connectivity index (χ2v) is 10.2. The average Bonchev–Trinajstić information content (AvgIpc) is 2.61. The van der Waals surface area contributed by atoms with Crippen LogP contribution in [0.5, 0.6) is 11.5 Å². The molecule has 1 unspecified atom stereocenters. The lowest BCUT2D eigenvalue weighted by molar-refractivity contribution is 0.286. The largest absolute Gasteiger partial charge is 0.584 e. The van der Waals surface area contributed by atoms with E-state index in [1.807, 2.05) is 12.1 Å². The van der Waals surface area contributed by atoms with E-state index in [0.29, 0.717) is 11.5 Å². The zero-order chi connectivity index (χ0) is 21.7. The van der Waals surface area contributed by atoms with Crippen molar-refractivity contribution in [1.82, 2.24) is 0 Å². The summed E-state index contributed by atoms with van der Waals surface area (Å²) in [6.07, 6.45) is 4.02. The van der Waals surface area contributed by atoms with E-state index in [4.69, 9.17) is 9.05 Å². The molecule has 0 aliphatic rings. The van der Waals surface area contributed by atoms with Gasteiger partial charge in [0.2, 0.25) is 0 Å². The van der Waals surface area contributed by atoms with E-state index >= 15 is 0 Å². The zero-order valence-electron chi connectivity index (χ0n) is 18.6. The van der Waals surface area contributed by atoms with Crippen molar-refractivity contribution in [3.05, 3.63) is 59.7 Å². The monoisotopic (exact) mass is 418 g/mol. The van der Waals surface area contributed by atoms with Gasteiger partial charge in [0.15, 0.2) is 0 Å². The molecule has 1 N–H and O–H groups in total. The Kier molecular flexibility index (Phi) is 7.59. The molecule has 2 aromatic rings. The van der Waals surface area contributed by atoms with Gasteiger partial charge < -0.3 is 9.05 Å². The number of hydrogen-bond donors (Lipinski definition) is 1. The summed E-state index contributed by atoms with van der Waals surface area (Å²) in [4.78, 5) is 10.4. The van der Waals surface area contributed by atoms with E-state index < -0.39 is 7.82 Å². The number of rotatable bonds is 10. The summed E-state index contributed by atoms with van der Waals surface area (Å²) in [5.74, 6) is 0.724. The molecule has 29 heavy (non-hydrogen) atoms. The van der Waals surface area contributed by atoms with Crippen LogP contribution in [0.3, 0.4) is 0 Å². The van der Waals surface area contributed by atoms with Gasteiger partial charge in [-0.25, -0.2) is 4.57 Å². The Labute approximate surface area is 175 Å². The number of hydrogen-bond acceptors (Lipinski definition) is 3. The fourth-order valence-corrected chi connectivity index (χ4v) is 4.96. The summed E-state index contributed by atoms with van der Waals surface area (Å²) in [6, 6.07) is 14.4. The molecule has 160 valence electrons. The maximum atomic E-state index is 12.8. The SMILES string of the molecule is CCCC(C)(C)c1cccc(OP(=O)(O)Oc2ccccc2)c1C(C)(C)CCC. The Morgan fingerprint density at radius 2 is 1.41 bits per heavy atom. The Bertz CT molecular complexity index is 843. The second kappa shape index (κ2) is 9.36. The first-order chi connectivity index (χ1) is 13.5. The molecule has 2 aromatic carbocycles. The van der Waals surface area contributed by atoms with E-state index in [1.165, 1.54) is 0 Å². The second-order valence-electron chi connectivity index (χ2n) is 8.91. The highest BCUT2D eigenvalue weighted by Crippen LogP contribution is 2.50. The summed E-state index contributed by atoms with van der Waals surface area (Å²) in [5, 5.41) is 0. The number of phosphoric ester groups is 1. The summed E-state index contributed by atoms with van der Waals surface area (Å²) >= 11 is 0. The molecule has 0 heterocycles. The topological polar surface area (TPSA) is 55.8 Å². The molecule has 0 amide bonds. The van der Waals surface area contributed by atoms with Crippen LogP contribution in [-0.4, -0.2) is 4.89 Å². The van der Waals surface area contributed by atoms with Crippen molar-refractivity contribution in [2.24, 2.45) is 0 Å². The van der Waals surface area contributed by atoms with E-state index in [-0.39, 0.29) is 10.8 Å². The van der Waals surface area contributed by atoms with Crippen LogP contribution in [-0.2, 0) is 15.4 Å². The minimum atomic E-state index is -4.34. The van der Waals surface area contributed by atoms with Crippen molar-refractivity contribution in [3.63, 3.8) is 0 Å². The van der Waals surface area contributed by atoms with Crippen molar-refractivity contribution in [1.29, 1.82) is 0 Å². The predicted molar refractivity (Wildman–Crippen MR) is 120 cm³/mol. The summed E-state index contributed by atoms with van der Waals surface area (Å²) in [6.45, 7) is 13.1. The minimum absolute atomic E-state index is 0.0752. The first-order valence-corrected chi connectivity index (χ1v) is 11.9. The van der Waals surface area contributed by atoms with E-state index in [2.05, 4.69) is 47.6 Å². The fourth-order valence-electron chi connectivity index (χ4n) is 4.14. The normalized spacial score (nSPS) is 14.3. The van der Waals surface area contributed by atoms with Crippen LogP contribution in [0.4, 0.5) is 0 Å². The molecule has 0 spiro atoms. The van der Waals surface area contributed by atoms with E-state index in [0.717, 1.165) is 36.8 Å². The molecule has 0 aromatic heterocycles. The molecule has 0 radical (unpaired) electrons. The van der Waals surface area contributed by atoms with Crippen molar-refractivity contribution in [2.75, 3.05) is 0 Å². The lowest BCUT2D eigenvalue weighted by atomic mass is 9.70. The van der Waals surface area contributed by atoms with Crippen LogP contribution in [0.25, 0.3) is 0 Å². The minimum Gasteiger partial charge on any atom is -0.395 e. The molecule has 0 aliphatic carbocycles. The van der Waals surface area contributed by atoms with Crippen molar-refractivity contribution < 1.29 is 18.5 Å². The van der Waals surface area contributed by atoms with Crippen LogP contribution in [0.15, 0.2) is 48.5 Å². The maximum Gasteiger partial charge on any atom is 0.584 e. The zero-order valence-corrected chi connectivity index (χ0v) is 19.5. The molecule has 0 saturated carbocycles. The van der Waals surface area contributed by atoms with Crippen molar-refractivity contribution in [2.45, 2.75) is 78.1 Å². The summed E-state index contributed by atoms with van der Waals surface area (Å²) in [5.41, 5.74) is 1.87. The van der Waals surface area contributed by atoms with Crippen LogP contribution in [0, 0.1) is 0 Å². The Balaban J connectivity index is 2.52. The molecular formula is C24H35O4P. The Morgan fingerprint density at radius 3 is 2.00 bits per heavy atom. The maximum absolute atomic E-state index is 12.8. The molecule has 0 aliphatic heterocycles.